The van der Waals surface area contributed by atoms with E-state index in [1.807, 2.05) is 0 Å². The summed E-state index contributed by atoms with van der Waals surface area (Å²) in [6, 6.07) is 0. The summed E-state index contributed by atoms with van der Waals surface area (Å²) in [5.41, 5.74) is -0.559. The molecule has 4 saturated heterocycles. The Morgan fingerprint density at radius 3 is 2.18 bits per heavy atom. The molecule has 0 aromatic rings. The summed E-state index contributed by atoms with van der Waals surface area (Å²) in [6.45, 7) is 4.93. The van der Waals surface area contributed by atoms with E-state index in [0.717, 1.165) is 45.6 Å². The Kier molecular flexibility index (Phi) is 2.87. The number of carboxylic acid groups (broad SMARTS) is 1. The molecule has 4 heterocycles. The fourth-order valence-electron chi connectivity index (χ4n) is 4.07. The van der Waals surface area contributed by atoms with Crippen molar-refractivity contribution in [1.29, 1.82) is 0 Å². The van der Waals surface area contributed by atoms with E-state index in [9.17, 15) is 9.90 Å². The summed E-state index contributed by atoms with van der Waals surface area (Å²) < 4.78 is 0. The highest BCUT2D eigenvalue weighted by Crippen LogP contribution is 2.41. The van der Waals surface area contributed by atoms with Crippen molar-refractivity contribution in [1.82, 2.24) is 9.80 Å². The second kappa shape index (κ2) is 4.25. The first kappa shape index (κ1) is 11.5. The molecular formula is C13H22N2O2. The highest BCUT2D eigenvalue weighted by molar-refractivity contribution is 5.80. The van der Waals surface area contributed by atoms with Crippen LogP contribution in [0.3, 0.4) is 0 Å². The number of nitrogens with zero attached hydrogens (tertiary/aromatic N) is 2. The Morgan fingerprint density at radius 2 is 1.71 bits per heavy atom. The lowest BCUT2D eigenvalue weighted by molar-refractivity contribution is -0.169. The van der Waals surface area contributed by atoms with Crippen molar-refractivity contribution in [2.75, 3.05) is 32.7 Å². The minimum Gasteiger partial charge on any atom is -0.480 e. The molecule has 4 aliphatic heterocycles. The molecule has 4 aliphatic rings. The Hall–Kier alpha value is -0.610. The topological polar surface area (TPSA) is 43.8 Å². The first-order valence-corrected chi connectivity index (χ1v) is 6.94. The van der Waals surface area contributed by atoms with Crippen LogP contribution in [-0.4, -0.2) is 59.1 Å². The molecule has 17 heavy (non-hydrogen) atoms. The smallest absolute Gasteiger partial charge is 0.325 e. The van der Waals surface area contributed by atoms with Crippen molar-refractivity contribution in [3.05, 3.63) is 0 Å². The molecule has 0 saturated carbocycles. The average molecular weight is 238 g/mol. The SMILES string of the molecule is O=C(O)C1(N2CCCCC2)CN2CCC1CC2. The van der Waals surface area contributed by atoms with Crippen LogP contribution in [0.4, 0.5) is 0 Å². The summed E-state index contributed by atoms with van der Waals surface area (Å²) in [6.07, 6.45) is 5.75. The van der Waals surface area contributed by atoms with E-state index in [2.05, 4.69) is 9.80 Å². The summed E-state index contributed by atoms with van der Waals surface area (Å²) in [5.74, 6) is -0.197. The van der Waals surface area contributed by atoms with Gasteiger partial charge in [-0.1, -0.05) is 6.42 Å². The van der Waals surface area contributed by atoms with E-state index in [1.165, 1.54) is 19.3 Å². The van der Waals surface area contributed by atoms with Gasteiger partial charge in [-0.3, -0.25) is 9.69 Å². The standard InChI is InChI=1S/C13H22N2O2/c16-12(17)13(15-6-2-1-3-7-15)10-14-8-4-11(13)5-9-14/h11H,1-10H2,(H,16,17). The lowest BCUT2D eigenvalue weighted by Gasteiger charge is -2.56. The van der Waals surface area contributed by atoms with Crippen molar-refractivity contribution < 1.29 is 9.90 Å². The third kappa shape index (κ3) is 1.69. The maximum absolute atomic E-state index is 11.9. The Balaban J connectivity index is 1.89. The number of carbonyl (C=O) groups is 1. The van der Waals surface area contributed by atoms with Crippen LogP contribution in [0, 0.1) is 5.92 Å². The lowest BCUT2D eigenvalue weighted by Crippen LogP contribution is -2.71. The van der Waals surface area contributed by atoms with Gasteiger partial charge in [-0.15, -0.1) is 0 Å². The normalized spacial score (nSPS) is 42.6. The van der Waals surface area contributed by atoms with Crippen molar-refractivity contribution in [2.45, 2.75) is 37.6 Å². The van der Waals surface area contributed by atoms with Gasteiger partial charge in [0.05, 0.1) is 0 Å². The zero-order chi connectivity index (χ0) is 11.9. The predicted molar refractivity (Wildman–Crippen MR) is 65.0 cm³/mol. The Bertz CT molecular complexity index is 307. The molecule has 0 aliphatic carbocycles. The van der Waals surface area contributed by atoms with E-state index >= 15 is 0 Å². The van der Waals surface area contributed by atoms with Crippen molar-refractivity contribution in [3.63, 3.8) is 0 Å². The molecule has 0 radical (unpaired) electrons. The molecular weight excluding hydrogens is 216 g/mol. The van der Waals surface area contributed by atoms with Gasteiger partial charge in [0.1, 0.15) is 5.54 Å². The molecule has 1 unspecified atom stereocenters. The second-order valence-corrected chi connectivity index (χ2v) is 5.83. The van der Waals surface area contributed by atoms with Gasteiger partial charge in [-0.25, -0.2) is 0 Å². The Morgan fingerprint density at radius 1 is 1.06 bits per heavy atom. The number of aliphatic carboxylic acids is 1. The molecule has 0 amide bonds. The minimum atomic E-state index is -0.575. The van der Waals surface area contributed by atoms with Gasteiger partial charge < -0.3 is 10.0 Å². The Labute approximate surface area is 103 Å². The number of hydrogen-bond donors (Lipinski definition) is 1. The molecule has 0 spiro atoms. The van der Waals surface area contributed by atoms with Crippen LogP contribution in [0.25, 0.3) is 0 Å². The number of hydrogen-bond acceptors (Lipinski definition) is 3. The first-order valence-electron chi connectivity index (χ1n) is 6.94. The summed E-state index contributed by atoms with van der Waals surface area (Å²) in [7, 11) is 0. The van der Waals surface area contributed by atoms with Gasteiger partial charge in [0.15, 0.2) is 0 Å². The first-order chi connectivity index (χ1) is 8.23. The highest BCUT2D eigenvalue weighted by Gasteiger charge is 2.55. The zero-order valence-electron chi connectivity index (χ0n) is 10.4. The predicted octanol–water partition coefficient (Wildman–Crippen LogP) is 1.02. The summed E-state index contributed by atoms with van der Waals surface area (Å²) >= 11 is 0. The van der Waals surface area contributed by atoms with Gasteiger partial charge in [-0.05, 0) is 57.8 Å². The van der Waals surface area contributed by atoms with Gasteiger partial charge in [0.2, 0.25) is 0 Å². The maximum Gasteiger partial charge on any atom is 0.325 e. The lowest BCUT2D eigenvalue weighted by atomic mass is 9.71. The third-order valence-electron chi connectivity index (χ3n) is 5.02. The van der Waals surface area contributed by atoms with E-state index in [0.29, 0.717) is 5.92 Å². The molecule has 1 N–H and O–H groups in total. The van der Waals surface area contributed by atoms with Crippen LogP contribution in [0.1, 0.15) is 32.1 Å². The van der Waals surface area contributed by atoms with Crippen LogP contribution >= 0.6 is 0 Å². The molecule has 0 aromatic carbocycles. The quantitative estimate of drug-likeness (QED) is 0.780. The van der Waals surface area contributed by atoms with Gasteiger partial charge in [0.25, 0.3) is 0 Å². The van der Waals surface area contributed by atoms with E-state index in [1.54, 1.807) is 0 Å². The number of fused-ring (bicyclic) bond motifs is 3. The molecule has 4 heteroatoms. The number of likely N-dealkylation sites (tertiary alicyclic amines) is 1. The van der Waals surface area contributed by atoms with Crippen molar-refractivity contribution in [3.8, 4) is 0 Å². The summed E-state index contributed by atoms with van der Waals surface area (Å²) in [4.78, 5) is 16.5. The zero-order valence-corrected chi connectivity index (χ0v) is 10.4. The average Bonchev–Trinajstić information content (AvgIpc) is 2.40. The van der Waals surface area contributed by atoms with Gasteiger partial charge in [-0.2, -0.15) is 0 Å². The third-order valence-corrected chi connectivity index (χ3v) is 5.02. The van der Waals surface area contributed by atoms with Gasteiger partial charge in [0, 0.05) is 6.54 Å². The van der Waals surface area contributed by atoms with Gasteiger partial charge >= 0.3 is 5.97 Å². The maximum atomic E-state index is 11.9. The fraction of sp³-hybridized carbons (Fsp3) is 0.923. The van der Waals surface area contributed by atoms with Crippen LogP contribution in [0.15, 0.2) is 0 Å². The van der Waals surface area contributed by atoms with E-state index in [4.69, 9.17) is 0 Å². The molecule has 4 rings (SSSR count). The molecule has 96 valence electrons. The molecule has 1 atom stereocenters. The highest BCUT2D eigenvalue weighted by atomic mass is 16.4. The van der Waals surface area contributed by atoms with Crippen LogP contribution < -0.4 is 0 Å². The monoisotopic (exact) mass is 238 g/mol. The van der Waals surface area contributed by atoms with Crippen LogP contribution in [-0.2, 0) is 4.79 Å². The minimum absolute atomic E-state index is 0.378. The number of carboxylic acids is 1. The number of rotatable bonds is 2. The summed E-state index contributed by atoms with van der Waals surface area (Å²) in [5, 5.41) is 9.79. The molecule has 0 aromatic heterocycles. The van der Waals surface area contributed by atoms with E-state index in [-0.39, 0.29) is 0 Å². The second-order valence-electron chi connectivity index (χ2n) is 5.83. The largest absolute Gasteiger partial charge is 0.480 e. The van der Waals surface area contributed by atoms with Crippen LogP contribution in [0.2, 0.25) is 0 Å². The van der Waals surface area contributed by atoms with E-state index < -0.39 is 11.5 Å². The van der Waals surface area contributed by atoms with Crippen molar-refractivity contribution >= 4 is 5.97 Å². The van der Waals surface area contributed by atoms with Crippen LogP contribution in [0.5, 0.6) is 0 Å². The van der Waals surface area contributed by atoms with Crippen molar-refractivity contribution in [2.24, 2.45) is 5.92 Å². The molecule has 2 bridgehead atoms. The molecule has 4 nitrogen and oxygen atoms in total. The molecule has 4 fully saturated rings. The number of piperidine rings is 4. The fourth-order valence-corrected chi connectivity index (χ4v) is 4.07.